The number of nitrogens with one attached hydrogen (secondary N) is 1. The number of hydrogen-bond donors (Lipinski definition) is 2. The van der Waals surface area contributed by atoms with Crippen molar-refractivity contribution in [1.82, 2.24) is 9.55 Å². The smallest absolute Gasteiger partial charge is 0.338 e. The lowest BCUT2D eigenvalue weighted by Crippen LogP contribution is -2.36. The highest BCUT2D eigenvalue weighted by Gasteiger charge is 2.46. The Balaban J connectivity index is 1.68. The van der Waals surface area contributed by atoms with Gasteiger partial charge in [-0.3, -0.25) is 14.3 Å². The minimum atomic E-state index is -1.89. The van der Waals surface area contributed by atoms with Gasteiger partial charge in [-0.1, -0.05) is 11.6 Å². The second-order valence-electron chi connectivity index (χ2n) is 5.62. The van der Waals surface area contributed by atoms with E-state index in [9.17, 15) is 23.9 Å². The largest absolute Gasteiger partial charge is 0.459 e. The van der Waals surface area contributed by atoms with E-state index in [4.69, 9.17) is 21.1 Å². The van der Waals surface area contributed by atoms with E-state index in [1.54, 1.807) is 0 Å². The second kappa shape index (κ2) is 7.40. The van der Waals surface area contributed by atoms with Crippen molar-refractivity contribution < 1.29 is 23.8 Å². The maximum atomic E-state index is 14.3. The number of benzene rings is 1. The van der Waals surface area contributed by atoms with Gasteiger partial charge in [-0.05, 0) is 24.3 Å². The van der Waals surface area contributed by atoms with Crippen molar-refractivity contribution >= 4 is 17.6 Å². The normalized spacial score (nSPS) is 25.2. The highest BCUT2D eigenvalue weighted by atomic mass is 35.5. The number of aromatic nitrogens is 2. The zero-order chi connectivity index (χ0) is 18.8. The zero-order valence-corrected chi connectivity index (χ0v) is 13.9. The van der Waals surface area contributed by atoms with Crippen molar-refractivity contribution in [2.24, 2.45) is 0 Å². The summed E-state index contributed by atoms with van der Waals surface area (Å²) in [7, 11) is 0. The molecule has 2 N–H and O–H groups in total. The molecule has 0 aliphatic carbocycles. The minimum Gasteiger partial charge on any atom is -0.459 e. The molecule has 0 unspecified atom stereocenters. The van der Waals surface area contributed by atoms with E-state index in [0.29, 0.717) is 5.02 Å². The number of alkyl halides is 1. The molecule has 1 saturated heterocycles. The van der Waals surface area contributed by atoms with Crippen LogP contribution in [0.25, 0.3) is 0 Å². The summed E-state index contributed by atoms with van der Waals surface area (Å²) in [6.07, 6.45) is -5.10. The van der Waals surface area contributed by atoms with Crippen LogP contribution in [0.3, 0.4) is 0 Å². The molecule has 1 aliphatic rings. The summed E-state index contributed by atoms with van der Waals surface area (Å²) in [5.41, 5.74) is -1.27. The molecule has 4 atom stereocenters. The Morgan fingerprint density at radius 2 is 2.00 bits per heavy atom. The Hall–Kier alpha value is -2.49. The molecule has 138 valence electrons. The van der Waals surface area contributed by atoms with Gasteiger partial charge in [0, 0.05) is 17.3 Å². The third kappa shape index (κ3) is 3.69. The third-order valence-corrected chi connectivity index (χ3v) is 4.12. The molecule has 0 spiro atoms. The quantitative estimate of drug-likeness (QED) is 0.749. The summed E-state index contributed by atoms with van der Waals surface area (Å²) in [5, 5.41) is 10.4. The molecule has 26 heavy (non-hydrogen) atoms. The van der Waals surface area contributed by atoms with Crippen LogP contribution in [0.15, 0.2) is 46.1 Å². The van der Waals surface area contributed by atoms with E-state index in [0.717, 1.165) is 16.8 Å². The van der Waals surface area contributed by atoms with Crippen molar-refractivity contribution in [1.29, 1.82) is 0 Å². The Morgan fingerprint density at radius 3 is 2.65 bits per heavy atom. The first-order valence-corrected chi connectivity index (χ1v) is 7.96. The van der Waals surface area contributed by atoms with E-state index < -0.39 is 48.4 Å². The van der Waals surface area contributed by atoms with Crippen LogP contribution in [0.4, 0.5) is 4.39 Å². The molecule has 1 fully saturated rings. The number of carbonyl (C=O) groups is 1. The molecular formula is C16H14ClFN2O6. The van der Waals surface area contributed by atoms with Gasteiger partial charge in [0.05, 0.1) is 5.56 Å². The van der Waals surface area contributed by atoms with E-state index >= 15 is 0 Å². The molecule has 10 heteroatoms. The molecule has 0 amide bonds. The number of H-pyrrole nitrogens is 1. The summed E-state index contributed by atoms with van der Waals surface area (Å²) < 4.78 is 25.4. The number of aliphatic hydroxyl groups excluding tert-OH is 1. The van der Waals surface area contributed by atoms with Crippen LogP contribution in [-0.2, 0) is 9.47 Å². The number of aromatic amines is 1. The fourth-order valence-electron chi connectivity index (χ4n) is 2.53. The Bertz CT molecular complexity index is 912. The number of rotatable bonds is 4. The molecule has 3 rings (SSSR count). The molecular weight excluding hydrogens is 371 g/mol. The predicted molar refractivity (Wildman–Crippen MR) is 87.9 cm³/mol. The third-order valence-electron chi connectivity index (χ3n) is 3.87. The van der Waals surface area contributed by atoms with Crippen LogP contribution in [0.1, 0.15) is 16.6 Å². The van der Waals surface area contributed by atoms with Gasteiger partial charge in [-0.15, -0.1) is 0 Å². The molecule has 0 bridgehead atoms. The van der Waals surface area contributed by atoms with Crippen molar-refractivity contribution in [3.8, 4) is 0 Å². The second-order valence-corrected chi connectivity index (χ2v) is 6.06. The van der Waals surface area contributed by atoms with Crippen LogP contribution in [0, 0.1) is 0 Å². The number of esters is 1. The van der Waals surface area contributed by atoms with Gasteiger partial charge in [0.25, 0.3) is 5.56 Å². The fourth-order valence-corrected chi connectivity index (χ4v) is 2.65. The van der Waals surface area contributed by atoms with Gasteiger partial charge in [0.2, 0.25) is 0 Å². The summed E-state index contributed by atoms with van der Waals surface area (Å²) in [5.74, 6) is -0.711. The number of ether oxygens (including phenoxy) is 2. The highest BCUT2D eigenvalue weighted by molar-refractivity contribution is 6.30. The lowest BCUT2D eigenvalue weighted by Gasteiger charge is -2.16. The van der Waals surface area contributed by atoms with E-state index in [-0.39, 0.29) is 5.56 Å². The maximum absolute atomic E-state index is 14.3. The summed E-state index contributed by atoms with van der Waals surface area (Å²) in [4.78, 5) is 36.8. The monoisotopic (exact) mass is 384 g/mol. The fraction of sp³-hybridized carbons (Fsp3) is 0.312. The molecule has 0 saturated carbocycles. The van der Waals surface area contributed by atoms with Crippen molar-refractivity contribution in [3.63, 3.8) is 0 Å². The Kier molecular flexibility index (Phi) is 5.21. The molecule has 1 aromatic heterocycles. The molecule has 2 heterocycles. The highest BCUT2D eigenvalue weighted by Crippen LogP contribution is 2.30. The maximum Gasteiger partial charge on any atom is 0.338 e. The molecule has 1 aliphatic heterocycles. The SMILES string of the molecule is O=C(OC[C@@H]1O[C@H](n2ccc(=O)[nH]c2=O)[C@@H](O)[C@@H]1F)c1ccc(Cl)cc1. The summed E-state index contributed by atoms with van der Waals surface area (Å²) in [6, 6.07) is 6.95. The van der Waals surface area contributed by atoms with Crippen LogP contribution in [-0.4, -0.2) is 45.6 Å². The van der Waals surface area contributed by atoms with E-state index in [1.165, 1.54) is 24.3 Å². The van der Waals surface area contributed by atoms with Crippen LogP contribution in [0.5, 0.6) is 0 Å². The standard InChI is InChI=1S/C16H14ClFN2O6/c17-9-3-1-8(2-4-9)15(23)25-7-10-12(18)13(22)14(26-10)20-6-5-11(21)19-16(20)24/h1-6,10,12-14,22H,7H2,(H,19,21,24)/t10-,12+,13-,14-/m0/s1. The van der Waals surface area contributed by atoms with Crippen molar-refractivity contribution in [3.05, 3.63) is 68.0 Å². The van der Waals surface area contributed by atoms with Crippen LogP contribution in [0.2, 0.25) is 5.02 Å². The van der Waals surface area contributed by atoms with Gasteiger partial charge in [0.1, 0.15) is 18.8 Å². The predicted octanol–water partition coefficient (Wildman–Crippen LogP) is 0.643. The Morgan fingerprint density at radius 1 is 1.31 bits per heavy atom. The van der Waals surface area contributed by atoms with Gasteiger partial charge < -0.3 is 14.6 Å². The topological polar surface area (TPSA) is 111 Å². The molecule has 8 nitrogen and oxygen atoms in total. The number of nitrogens with zero attached hydrogens (tertiary/aromatic N) is 1. The van der Waals surface area contributed by atoms with Gasteiger partial charge in [-0.25, -0.2) is 14.0 Å². The van der Waals surface area contributed by atoms with Gasteiger partial charge in [0.15, 0.2) is 12.4 Å². The number of hydrogen-bond acceptors (Lipinski definition) is 6. The minimum absolute atomic E-state index is 0.219. The van der Waals surface area contributed by atoms with Crippen LogP contribution < -0.4 is 11.2 Å². The number of halogens is 2. The van der Waals surface area contributed by atoms with Gasteiger partial charge >= 0.3 is 11.7 Å². The first-order chi connectivity index (χ1) is 12.4. The first kappa shape index (κ1) is 18.3. The lowest BCUT2D eigenvalue weighted by atomic mass is 10.1. The summed E-state index contributed by atoms with van der Waals surface area (Å²) >= 11 is 5.73. The van der Waals surface area contributed by atoms with Gasteiger partial charge in [-0.2, -0.15) is 0 Å². The first-order valence-electron chi connectivity index (χ1n) is 7.58. The average molecular weight is 385 g/mol. The van der Waals surface area contributed by atoms with Crippen LogP contribution >= 0.6 is 11.6 Å². The molecule has 0 radical (unpaired) electrons. The van der Waals surface area contributed by atoms with E-state index in [1.807, 2.05) is 4.98 Å². The van der Waals surface area contributed by atoms with E-state index in [2.05, 4.69) is 0 Å². The lowest BCUT2D eigenvalue weighted by molar-refractivity contribution is -0.0581. The van der Waals surface area contributed by atoms with Crippen molar-refractivity contribution in [2.45, 2.75) is 24.6 Å². The average Bonchev–Trinajstić information content (AvgIpc) is 2.88. The number of aliphatic hydroxyl groups is 1. The molecule has 2 aromatic rings. The molecule has 1 aromatic carbocycles. The van der Waals surface area contributed by atoms with Crippen molar-refractivity contribution in [2.75, 3.05) is 6.61 Å². The number of carbonyl (C=O) groups excluding carboxylic acids is 1. The Labute approximate surface area is 150 Å². The zero-order valence-electron chi connectivity index (χ0n) is 13.2. The summed E-state index contributed by atoms with van der Waals surface area (Å²) in [6.45, 7) is -0.464.